The Labute approximate surface area is 175 Å². The van der Waals surface area contributed by atoms with Crippen molar-refractivity contribution in [2.45, 2.75) is 19.8 Å². The molecule has 0 aromatic heterocycles. The van der Waals surface area contributed by atoms with Gasteiger partial charge in [0, 0.05) is 4.47 Å². The maximum Gasteiger partial charge on any atom is 0.240 e. The number of carbonyl (C=O) groups is 1. The number of sulfonamides is 1. The second-order valence-electron chi connectivity index (χ2n) is 6.64. The first-order chi connectivity index (χ1) is 13.2. The van der Waals surface area contributed by atoms with Crippen LogP contribution in [0.4, 0.5) is 5.69 Å². The molecule has 28 heavy (non-hydrogen) atoms. The summed E-state index contributed by atoms with van der Waals surface area (Å²) in [6.07, 6.45) is 1.08. The average molecular weight is 469 g/mol. The van der Waals surface area contributed by atoms with E-state index >= 15 is 0 Å². The van der Waals surface area contributed by atoms with E-state index in [1.807, 2.05) is 24.3 Å². The monoisotopic (exact) mass is 468 g/mol. The Kier molecular flexibility index (Phi) is 7.88. The number of halogens is 1. The van der Waals surface area contributed by atoms with Gasteiger partial charge in [0.1, 0.15) is 18.9 Å². The van der Waals surface area contributed by atoms with Gasteiger partial charge >= 0.3 is 0 Å². The quantitative estimate of drug-likeness (QED) is 0.571. The van der Waals surface area contributed by atoms with Gasteiger partial charge in [-0.2, -0.15) is 0 Å². The highest BCUT2D eigenvalue weighted by molar-refractivity contribution is 9.10. The van der Waals surface area contributed by atoms with E-state index in [-0.39, 0.29) is 13.1 Å². The van der Waals surface area contributed by atoms with Crippen LogP contribution in [0.25, 0.3) is 0 Å². The molecule has 0 aliphatic heterocycles. The molecule has 2 aromatic carbocycles. The van der Waals surface area contributed by atoms with Gasteiger partial charge in [-0.3, -0.25) is 9.10 Å². The molecule has 1 N–H and O–H groups in total. The maximum atomic E-state index is 12.3. The lowest BCUT2D eigenvalue weighted by molar-refractivity contribution is -0.119. The number of ether oxygens (including phenoxy) is 1. The van der Waals surface area contributed by atoms with Gasteiger partial charge in [0.15, 0.2) is 0 Å². The van der Waals surface area contributed by atoms with Crippen molar-refractivity contribution in [2.24, 2.45) is 0 Å². The highest BCUT2D eigenvalue weighted by Crippen LogP contribution is 2.25. The topological polar surface area (TPSA) is 75.7 Å². The van der Waals surface area contributed by atoms with E-state index in [4.69, 9.17) is 4.74 Å². The maximum absolute atomic E-state index is 12.3. The van der Waals surface area contributed by atoms with Gasteiger partial charge in [-0.05, 0) is 35.7 Å². The zero-order valence-electron chi connectivity index (χ0n) is 16.2. The van der Waals surface area contributed by atoms with Gasteiger partial charge in [0.25, 0.3) is 0 Å². The van der Waals surface area contributed by atoms with Crippen LogP contribution in [0.1, 0.15) is 25.3 Å². The molecule has 0 radical (unpaired) electrons. The molecule has 0 heterocycles. The number of benzene rings is 2. The lowest BCUT2D eigenvalue weighted by Crippen LogP contribution is -2.41. The number of anilines is 1. The summed E-state index contributed by atoms with van der Waals surface area (Å²) < 4.78 is 31.8. The number of hydrogen-bond donors (Lipinski definition) is 1. The van der Waals surface area contributed by atoms with Crippen molar-refractivity contribution in [1.29, 1.82) is 0 Å². The van der Waals surface area contributed by atoms with Gasteiger partial charge < -0.3 is 10.1 Å². The number of amides is 1. The standard InChI is InChI=1S/C20H25BrN2O4S/c1-15(2)18-9-4-5-10-19(18)27-12-11-22-20(24)14-23(28(3,25)26)17-8-6-7-16(21)13-17/h4-10,13,15H,11-12,14H2,1-3H3,(H,22,24). The molecule has 0 aliphatic rings. The zero-order chi connectivity index (χ0) is 20.7. The molecule has 2 rings (SSSR count). The number of para-hydroxylation sites is 1. The van der Waals surface area contributed by atoms with E-state index in [1.54, 1.807) is 24.3 Å². The van der Waals surface area contributed by atoms with E-state index in [0.29, 0.717) is 18.2 Å². The van der Waals surface area contributed by atoms with Crippen molar-refractivity contribution >= 4 is 37.5 Å². The Morgan fingerprint density at radius 1 is 1.18 bits per heavy atom. The number of rotatable bonds is 9. The Bertz CT molecular complexity index is 916. The summed E-state index contributed by atoms with van der Waals surface area (Å²) in [5.41, 5.74) is 1.53. The Morgan fingerprint density at radius 2 is 1.89 bits per heavy atom. The molecule has 0 bridgehead atoms. The van der Waals surface area contributed by atoms with Gasteiger partial charge in [0.05, 0.1) is 18.5 Å². The molecular weight excluding hydrogens is 444 g/mol. The fraction of sp³-hybridized carbons (Fsp3) is 0.350. The zero-order valence-corrected chi connectivity index (χ0v) is 18.6. The molecule has 0 unspecified atom stereocenters. The lowest BCUT2D eigenvalue weighted by atomic mass is 10.0. The summed E-state index contributed by atoms with van der Waals surface area (Å²) in [7, 11) is -3.60. The first-order valence-corrected chi connectivity index (χ1v) is 11.5. The molecule has 2 aromatic rings. The van der Waals surface area contributed by atoms with E-state index in [9.17, 15) is 13.2 Å². The molecule has 0 saturated carbocycles. The largest absolute Gasteiger partial charge is 0.491 e. The van der Waals surface area contributed by atoms with Crippen molar-refractivity contribution in [3.05, 3.63) is 58.6 Å². The second-order valence-corrected chi connectivity index (χ2v) is 9.46. The summed E-state index contributed by atoms with van der Waals surface area (Å²) in [4.78, 5) is 12.3. The van der Waals surface area contributed by atoms with Crippen LogP contribution in [0.5, 0.6) is 5.75 Å². The average Bonchev–Trinajstić information content (AvgIpc) is 2.62. The first-order valence-electron chi connectivity index (χ1n) is 8.90. The summed E-state index contributed by atoms with van der Waals surface area (Å²) >= 11 is 3.31. The fourth-order valence-corrected chi connectivity index (χ4v) is 3.89. The van der Waals surface area contributed by atoms with E-state index in [1.165, 1.54) is 0 Å². The summed E-state index contributed by atoms with van der Waals surface area (Å²) in [6.45, 7) is 4.46. The molecule has 6 nitrogen and oxygen atoms in total. The minimum absolute atomic E-state index is 0.279. The van der Waals surface area contributed by atoms with Gasteiger partial charge in [-0.15, -0.1) is 0 Å². The third kappa shape index (κ3) is 6.53. The van der Waals surface area contributed by atoms with Gasteiger partial charge in [0.2, 0.25) is 15.9 Å². The molecule has 0 fully saturated rings. The molecular formula is C20H25BrN2O4S. The Hall–Kier alpha value is -2.06. The van der Waals surface area contributed by atoms with E-state index < -0.39 is 15.9 Å². The minimum atomic E-state index is -3.60. The molecule has 0 aliphatic carbocycles. The predicted octanol–water partition coefficient (Wildman–Crippen LogP) is 3.53. The predicted molar refractivity (Wildman–Crippen MR) is 115 cm³/mol. The third-order valence-corrected chi connectivity index (χ3v) is 5.64. The molecule has 0 saturated heterocycles. The molecule has 8 heteroatoms. The van der Waals surface area contributed by atoms with Gasteiger partial charge in [-0.25, -0.2) is 8.42 Å². The summed E-state index contributed by atoms with van der Waals surface area (Å²) in [5, 5.41) is 2.71. The van der Waals surface area contributed by atoms with Crippen molar-refractivity contribution in [3.63, 3.8) is 0 Å². The smallest absolute Gasteiger partial charge is 0.240 e. The van der Waals surface area contributed by atoms with Gasteiger partial charge in [-0.1, -0.05) is 54.0 Å². The lowest BCUT2D eigenvalue weighted by Gasteiger charge is -2.22. The molecule has 152 valence electrons. The van der Waals surface area contributed by atoms with Crippen LogP contribution in [0, 0.1) is 0 Å². The van der Waals surface area contributed by atoms with Crippen LogP contribution >= 0.6 is 15.9 Å². The van der Waals surface area contributed by atoms with Crippen molar-refractivity contribution in [3.8, 4) is 5.75 Å². The van der Waals surface area contributed by atoms with E-state index in [2.05, 4.69) is 35.1 Å². The molecule has 1 amide bonds. The molecule has 0 spiro atoms. The van der Waals surface area contributed by atoms with Crippen molar-refractivity contribution < 1.29 is 17.9 Å². The number of nitrogens with one attached hydrogen (secondary N) is 1. The van der Waals surface area contributed by atoms with Crippen molar-refractivity contribution in [1.82, 2.24) is 5.32 Å². The van der Waals surface area contributed by atoms with Crippen LogP contribution in [0.2, 0.25) is 0 Å². The van der Waals surface area contributed by atoms with Crippen LogP contribution in [-0.2, 0) is 14.8 Å². The number of hydrogen-bond acceptors (Lipinski definition) is 4. The third-order valence-electron chi connectivity index (χ3n) is 4.01. The van der Waals surface area contributed by atoms with Crippen LogP contribution in [0.3, 0.4) is 0 Å². The highest BCUT2D eigenvalue weighted by Gasteiger charge is 2.20. The Balaban J connectivity index is 1.92. The number of carbonyl (C=O) groups excluding carboxylic acids is 1. The van der Waals surface area contributed by atoms with Crippen molar-refractivity contribution in [2.75, 3.05) is 30.3 Å². The highest BCUT2D eigenvalue weighted by atomic mass is 79.9. The van der Waals surface area contributed by atoms with Crippen LogP contribution < -0.4 is 14.4 Å². The molecule has 0 atom stereocenters. The van der Waals surface area contributed by atoms with E-state index in [0.717, 1.165) is 26.3 Å². The Morgan fingerprint density at radius 3 is 2.54 bits per heavy atom. The number of nitrogens with zero attached hydrogens (tertiary/aromatic N) is 1. The SMILES string of the molecule is CC(C)c1ccccc1OCCNC(=O)CN(c1cccc(Br)c1)S(C)(=O)=O. The first kappa shape index (κ1) is 22.2. The fourth-order valence-electron chi connectivity index (χ4n) is 2.66. The van der Waals surface area contributed by atoms with Crippen LogP contribution in [0.15, 0.2) is 53.0 Å². The second kappa shape index (κ2) is 9.93. The normalized spacial score (nSPS) is 11.3. The minimum Gasteiger partial charge on any atom is -0.491 e. The summed E-state index contributed by atoms with van der Waals surface area (Å²) in [6, 6.07) is 14.6. The summed E-state index contributed by atoms with van der Waals surface area (Å²) in [5.74, 6) is 0.726. The van der Waals surface area contributed by atoms with Crippen LogP contribution in [-0.4, -0.2) is 40.3 Å².